The molecule has 0 heterocycles. The first kappa shape index (κ1) is 12.8. The van der Waals surface area contributed by atoms with E-state index in [0.29, 0.717) is 0 Å². The molecule has 6 heteroatoms. The number of nitrogens with two attached hydrogens (primary N) is 1. The summed E-state index contributed by atoms with van der Waals surface area (Å²) in [5, 5.41) is 17.8. The molecule has 0 aliphatic rings. The third-order valence-corrected chi connectivity index (χ3v) is 2.36. The molecule has 4 N–H and O–H groups in total. The van der Waals surface area contributed by atoms with Crippen molar-refractivity contribution >= 4 is 0 Å². The van der Waals surface area contributed by atoms with Crippen molar-refractivity contribution < 1.29 is 23.4 Å². The highest BCUT2D eigenvalue weighted by atomic mass is 19.3. The standard InChI is InChI=1S/C10H12F3NO2/c1-5-2-3-6(11)8(16)7(5)9(14)10(12,13)4-15/h2-3,9,15-16H,4,14H2,1H3/t9-/m0/s1. The molecular weight excluding hydrogens is 223 g/mol. The van der Waals surface area contributed by atoms with Crippen molar-refractivity contribution in [1.82, 2.24) is 0 Å². The number of aliphatic hydroxyl groups excluding tert-OH is 1. The van der Waals surface area contributed by atoms with Gasteiger partial charge in [0.05, 0.1) is 0 Å². The average molecular weight is 235 g/mol. The van der Waals surface area contributed by atoms with E-state index in [2.05, 4.69) is 0 Å². The number of alkyl halides is 2. The van der Waals surface area contributed by atoms with Crippen LogP contribution in [0.5, 0.6) is 5.75 Å². The molecule has 0 aliphatic heterocycles. The van der Waals surface area contributed by atoms with Crippen LogP contribution in [0.15, 0.2) is 12.1 Å². The first-order valence-corrected chi connectivity index (χ1v) is 4.53. The minimum absolute atomic E-state index is 0.236. The molecule has 1 rings (SSSR count). The second-order valence-electron chi connectivity index (χ2n) is 3.52. The Labute approximate surface area is 90.3 Å². The van der Waals surface area contributed by atoms with Crippen LogP contribution in [0.3, 0.4) is 0 Å². The van der Waals surface area contributed by atoms with Gasteiger partial charge in [0, 0.05) is 5.56 Å². The molecule has 1 aromatic carbocycles. The molecular formula is C10H12F3NO2. The fraction of sp³-hybridized carbons (Fsp3) is 0.400. The quantitative estimate of drug-likeness (QED) is 0.743. The molecule has 0 fully saturated rings. The fourth-order valence-corrected chi connectivity index (χ4v) is 1.38. The maximum atomic E-state index is 13.1. The van der Waals surface area contributed by atoms with Crippen molar-refractivity contribution in [2.45, 2.75) is 18.9 Å². The highest BCUT2D eigenvalue weighted by Gasteiger charge is 2.39. The van der Waals surface area contributed by atoms with Crippen molar-refractivity contribution in [3.63, 3.8) is 0 Å². The zero-order valence-corrected chi connectivity index (χ0v) is 8.54. The Morgan fingerprint density at radius 1 is 1.44 bits per heavy atom. The predicted molar refractivity (Wildman–Crippen MR) is 51.8 cm³/mol. The van der Waals surface area contributed by atoms with E-state index in [1.54, 1.807) is 0 Å². The summed E-state index contributed by atoms with van der Waals surface area (Å²) in [6.07, 6.45) is 0. The summed E-state index contributed by atoms with van der Waals surface area (Å²) in [5.74, 6) is -5.54. The Morgan fingerprint density at radius 2 is 2.00 bits per heavy atom. The van der Waals surface area contributed by atoms with Gasteiger partial charge in [-0.2, -0.15) is 0 Å². The van der Waals surface area contributed by atoms with Crippen LogP contribution in [0.25, 0.3) is 0 Å². The topological polar surface area (TPSA) is 66.5 Å². The molecule has 3 nitrogen and oxygen atoms in total. The Hall–Kier alpha value is -1.27. The molecule has 0 radical (unpaired) electrons. The van der Waals surface area contributed by atoms with Gasteiger partial charge < -0.3 is 15.9 Å². The van der Waals surface area contributed by atoms with E-state index in [9.17, 15) is 18.3 Å². The van der Waals surface area contributed by atoms with Crippen molar-refractivity contribution in [3.8, 4) is 5.75 Å². The third-order valence-electron chi connectivity index (χ3n) is 2.36. The number of rotatable bonds is 3. The molecule has 0 saturated heterocycles. The van der Waals surface area contributed by atoms with Crippen molar-refractivity contribution in [3.05, 3.63) is 29.1 Å². The zero-order chi connectivity index (χ0) is 12.5. The first-order chi connectivity index (χ1) is 7.31. The maximum absolute atomic E-state index is 13.1. The summed E-state index contributed by atoms with van der Waals surface area (Å²) in [6.45, 7) is -0.0502. The smallest absolute Gasteiger partial charge is 0.289 e. The van der Waals surface area contributed by atoms with Crippen LogP contribution < -0.4 is 5.73 Å². The van der Waals surface area contributed by atoms with Crippen LogP contribution in [0.2, 0.25) is 0 Å². The number of benzene rings is 1. The van der Waals surface area contributed by atoms with Gasteiger partial charge in [-0.3, -0.25) is 0 Å². The van der Waals surface area contributed by atoms with Crippen molar-refractivity contribution in [2.75, 3.05) is 6.61 Å². The number of aryl methyl sites for hydroxylation is 1. The van der Waals surface area contributed by atoms with Gasteiger partial charge in [0.25, 0.3) is 5.92 Å². The Balaban J connectivity index is 3.28. The summed E-state index contributed by atoms with van der Waals surface area (Å²) >= 11 is 0. The van der Waals surface area contributed by atoms with Crippen molar-refractivity contribution in [2.24, 2.45) is 5.73 Å². The minimum atomic E-state index is -3.62. The van der Waals surface area contributed by atoms with Gasteiger partial charge in [-0.25, -0.2) is 13.2 Å². The van der Waals surface area contributed by atoms with Crippen LogP contribution in [0.4, 0.5) is 13.2 Å². The normalized spacial score (nSPS) is 13.9. The van der Waals surface area contributed by atoms with Crippen LogP contribution in [0, 0.1) is 12.7 Å². The number of hydrogen-bond acceptors (Lipinski definition) is 3. The summed E-state index contributed by atoms with van der Waals surface area (Å²) in [5.41, 5.74) is 5.06. The Morgan fingerprint density at radius 3 is 2.50 bits per heavy atom. The van der Waals surface area contributed by atoms with Crippen LogP contribution in [0.1, 0.15) is 17.2 Å². The average Bonchev–Trinajstić information content (AvgIpc) is 2.24. The summed E-state index contributed by atoms with van der Waals surface area (Å²) < 4.78 is 39.2. The van der Waals surface area contributed by atoms with E-state index in [4.69, 9.17) is 10.8 Å². The first-order valence-electron chi connectivity index (χ1n) is 4.53. The lowest BCUT2D eigenvalue weighted by atomic mass is 9.96. The van der Waals surface area contributed by atoms with E-state index < -0.39 is 30.1 Å². The van der Waals surface area contributed by atoms with Gasteiger partial charge in [0.1, 0.15) is 12.6 Å². The van der Waals surface area contributed by atoms with Crippen LogP contribution in [-0.2, 0) is 0 Å². The highest BCUT2D eigenvalue weighted by molar-refractivity contribution is 5.42. The number of aliphatic hydroxyl groups is 1. The molecule has 0 saturated carbocycles. The lowest BCUT2D eigenvalue weighted by Crippen LogP contribution is -2.36. The number of halogens is 3. The van der Waals surface area contributed by atoms with Gasteiger partial charge >= 0.3 is 0 Å². The minimum Gasteiger partial charge on any atom is -0.505 e. The highest BCUT2D eigenvalue weighted by Crippen LogP contribution is 2.36. The van der Waals surface area contributed by atoms with E-state index in [-0.39, 0.29) is 11.1 Å². The molecule has 1 aromatic rings. The monoisotopic (exact) mass is 235 g/mol. The van der Waals surface area contributed by atoms with Gasteiger partial charge in [-0.15, -0.1) is 0 Å². The number of phenols is 1. The third kappa shape index (κ3) is 2.12. The molecule has 1 atom stereocenters. The van der Waals surface area contributed by atoms with E-state index in [1.165, 1.54) is 13.0 Å². The van der Waals surface area contributed by atoms with Crippen LogP contribution >= 0.6 is 0 Å². The Kier molecular flexibility index (Phi) is 3.44. The van der Waals surface area contributed by atoms with Crippen LogP contribution in [-0.4, -0.2) is 22.7 Å². The van der Waals surface area contributed by atoms with Gasteiger partial charge in [0.2, 0.25) is 0 Å². The predicted octanol–water partition coefficient (Wildman–Crippen LogP) is 1.47. The zero-order valence-electron chi connectivity index (χ0n) is 8.54. The maximum Gasteiger partial charge on any atom is 0.289 e. The number of phenolic OH excluding ortho intramolecular Hbond substituents is 1. The molecule has 0 aromatic heterocycles. The molecule has 0 amide bonds. The van der Waals surface area contributed by atoms with E-state index in [1.807, 2.05) is 0 Å². The largest absolute Gasteiger partial charge is 0.505 e. The summed E-state index contributed by atoms with van der Waals surface area (Å²) in [7, 11) is 0. The van der Waals surface area contributed by atoms with E-state index >= 15 is 0 Å². The SMILES string of the molecule is Cc1ccc(F)c(O)c1[C@H](N)C(F)(F)CO. The number of hydrogen-bond donors (Lipinski definition) is 3. The fourth-order valence-electron chi connectivity index (χ4n) is 1.38. The lowest BCUT2D eigenvalue weighted by Gasteiger charge is -2.24. The second-order valence-corrected chi connectivity index (χ2v) is 3.52. The Bertz CT molecular complexity index is 396. The molecule has 16 heavy (non-hydrogen) atoms. The second kappa shape index (κ2) is 4.31. The molecule has 0 aliphatic carbocycles. The van der Waals surface area contributed by atoms with E-state index in [0.717, 1.165) is 6.07 Å². The van der Waals surface area contributed by atoms with Gasteiger partial charge in [0.15, 0.2) is 11.6 Å². The molecule has 0 spiro atoms. The molecule has 0 bridgehead atoms. The molecule has 90 valence electrons. The summed E-state index contributed by atoms with van der Waals surface area (Å²) in [6, 6.07) is 0.239. The van der Waals surface area contributed by atoms with Gasteiger partial charge in [-0.05, 0) is 18.6 Å². The molecule has 0 unspecified atom stereocenters. The van der Waals surface area contributed by atoms with Crippen molar-refractivity contribution in [1.29, 1.82) is 0 Å². The summed E-state index contributed by atoms with van der Waals surface area (Å²) in [4.78, 5) is 0. The lowest BCUT2D eigenvalue weighted by molar-refractivity contribution is -0.0718. The van der Waals surface area contributed by atoms with Gasteiger partial charge in [-0.1, -0.05) is 6.07 Å². The number of aromatic hydroxyl groups is 1.